The van der Waals surface area contributed by atoms with E-state index in [4.69, 9.17) is 0 Å². The lowest BCUT2D eigenvalue weighted by atomic mass is 10.2. The van der Waals surface area contributed by atoms with Crippen LogP contribution < -0.4 is 0 Å². The molecule has 0 N–H and O–H groups in total. The van der Waals surface area contributed by atoms with Crippen LogP contribution in [0.25, 0.3) is 0 Å². The zero-order chi connectivity index (χ0) is 11.5. The molecule has 0 aromatic heterocycles. The Bertz CT molecular complexity index is 398. The van der Waals surface area contributed by atoms with Gasteiger partial charge in [-0.05, 0) is 10.9 Å². The Morgan fingerprint density at radius 2 is 1.80 bits per heavy atom. The van der Waals surface area contributed by atoms with E-state index < -0.39 is 10.1 Å². The number of hydrogen-bond acceptors (Lipinski definition) is 3. The van der Waals surface area contributed by atoms with E-state index in [2.05, 4.69) is 0 Å². The maximum absolute atomic E-state index is 10.8. The van der Waals surface area contributed by atoms with Crippen LogP contribution in [0.1, 0.15) is 10.8 Å². The molecule has 15 heavy (non-hydrogen) atoms. The van der Waals surface area contributed by atoms with E-state index in [1.807, 2.05) is 42.8 Å². The summed E-state index contributed by atoms with van der Waals surface area (Å²) in [5.41, 5.74) is 0.922. The standard InChI is InChI=1S/C10H14O3S2/c1-14(2)10(8-15(11,12)13)9-6-4-3-5-7-9/h3-7,10H,8H2,1-2H3. The van der Waals surface area contributed by atoms with Crippen LogP contribution >= 0.6 is 0 Å². The topological polar surface area (TPSA) is 57.2 Å². The van der Waals surface area contributed by atoms with Gasteiger partial charge in [-0.15, -0.1) is 0 Å². The zero-order valence-electron chi connectivity index (χ0n) is 8.71. The van der Waals surface area contributed by atoms with Crippen molar-refractivity contribution in [1.29, 1.82) is 0 Å². The molecule has 0 aliphatic heterocycles. The molecule has 1 rings (SSSR count). The Morgan fingerprint density at radius 1 is 1.27 bits per heavy atom. The summed E-state index contributed by atoms with van der Waals surface area (Å²) in [7, 11) is -4.29. The normalized spacial score (nSPS) is 14.1. The van der Waals surface area contributed by atoms with Crippen LogP contribution in [0.2, 0.25) is 0 Å². The molecule has 0 spiro atoms. The highest BCUT2D eigenvalue weighted by Gasteiger charge is 2.25. The van der Waals surface area contributed by atoms with Crippen molar-refractivity contribution in [3.63, 3.8) is 0 Å². The molecule has 0 fully saturated rings. The van der Waals surface area contributed by atoms with Crippen LogP contribution in [0.15, 0.2) is 30.3 Å². The van der Waals surface area contributed by atoms with Crippen LogP contribution in [0, 0.1) is 0 Å². The van der Waals surface area contributed by atoms with Gasteiger partial charge < -0.3 is 4.55 Å². The average molecular weight is 246 g/mol. The van der Waals surface area contributed by atoms with E-state index in [1.165, 1.54) is 0 Å². The first kappa shape index (κ1) is 12.5. The van der Waals surface area contributed by atoms with Gasteiger partial charge in [0.15, 0.2) is 5.25 Å². The lowest BCUT2D eigenvalue weighted by molar-refractivity contribution is 0.462. The summed E-state index contributed by atoms with van der Waals surface area (Å²) >= 11 is 0. The van der Waals surface area contributed by atoms with E-state index in [0.717, 1.165) is 5.56 Å². The van der Waals surface area contributed by atoms with E-state index in [0.29, 0.717) is 0 Å². The Labute approximate surface area is 93.6 Å². The minimum absolute atomic E-state index is 0.130. The molecular formula is C10H14O3S2. The molecule has 84 valence electrons. The van der Waals surface area contributed by atoms with Crippen molar-refractivity contribution in [3.05, 3.63) is 35.9 Å². The fourth-order valence-corrected chi connectivity index (χ4v) is 4.21. The molecule has 0 saturated heterocycles. The molecule has 1 atom stereocenters. The number of hydrogen-bond donors (Lipinski definition) is 0. The van der Waals surface area contributed by atoms with Gasteiger partial charge in [0.1, 0.15) is 0 Å². The minimum atomic E-state index is -4.16. The summed E-state index contributed by atoms with van der Waals surface area (Å²) in [6.07, 6.45) is 3.89. The third kappa shape index (κ3) is 4.24. The smallest absolute Gasteiger partial charge is 0.155 e. The van der Waals surface area contributed by atoms with Gasteiger partial charge in [0.05, 0.1) is 28.4 Å². The highest BCUT2D eigenvalue weighted by atomic mass is 32.2. The summed E-state index contributed by atoms with van der Waals surface area (Å²) in [6, 6.07) is 9.31. The van der Waals surface area contributed by atoms with E-state index >= 15 is 0 Å². The molecule has 0 amide bonds. The SMILES string of the molecule is C[S+](C)C(CS(=O)(=O)[O-])c1ccccc1. The Balaban J connectivity index is 2.95. The molecule has 1 aromatic rings. The summed E-state index contributed by atoms with van der Waals surface area (Å²) in [5.74, 6) is -0.312. The lowest BCUT2D eigenvalue weighted by Crippen LogP contribution is -2.20. The van der Waals surface area contributed by atoms with Crippen LogP contribution in [0.4, 0.5) is 0 Å². The molecule has 0 radical (unpaired) electrons. The van der Waals surface area contributed by atoms with Crippen molar-refractivity contribution in [2.45, 2.75) is 5.25 Å². The van der Waals surface area contributed by atoms with Crippen molar-refractivity contribution < 1.29 is 13.0 Å². The molecule has 1 unspecified atom stereocenters. The predicted octanol–water partition coefficient (Wildman–Crippen LogP) is 1.15. The van der Waals surface area contributed by atoms with Crippen molar-refractivity contribution in [2.75, 3.05) is 18.3 Å². The van der Waals surface area contributed by atoms with Gasteiger partial charge in [-0.2, -0.15) is 0 Å². The van der Waals surface area contributed by atoms with Gasteiger partial charge in [-0.25, -0.2) is 8.42 Å². The van der Waals surface area contributed by atoms with Crippen LogP contribution in [-0.2, 0) is 21.0 Å². The summed E-state index contributed by atoms with van der Waals surface area (Å²) < 4.78 is 32.3. The Morgan fingerprint density at radius 3 is 2.20 bits per heavy atom. The summed E-state index contributed by atoms with van der Waals surface area (Å²) in [6.45, 7) is 0. The van der Waals surface area contributed by atoms with Gasteiger partial charge in [0.25, 0.3) is 0 Å². The van der Waals surface area contributed by atoms with Crippen molar-refractivity contribution in [2.24, 2.45) is 0 Å². The second-order valence-electron chi connectivity index (χ2n) is 3.50. The molecule has 0 aliphatic carbocycles. The van der Waals surface area contributed by atoms with E-state index in [9.17, 15) is 13.0 Å². The average Bonchev–Trinajstić information content (AvgIpc) is 2.14. The third-order valence-electron chi connectivity index (χ3n) is 2.10. The maximum atomic E-state index is 10.8. The summed E-state index contributed by atoms with van der Waals surface area (Å²) in [4.78, 5) is 0. The largest absolute Gasteiger partial charge is 0.748 e. The first-order valence-corrected chi connectivity index (χ1v) is 8.13. The monoisotopic (exact) mass is 246 g/mol. The van der Waals surface area contributed by atoms with Gasteiger partial charge in [-0.3, -0.25) is 0 Å². The highest BCUT2D eigenvalue weighted by molar-refractivity contribution is 7.97. The number of rotatable bonds is 4. The molecular weight excluding hydrogens is 232 g/mol. The Hall–Kier alpha value is -0.520. The zero-order valence-corrected chi connectivity index (χ0v) is 10.3. The lowest BCUT2D eigenvalue weighted by Gasteiger charge is -2.16. The van der Waals surface area contributed by atoms with Crippen LogP contribution in [-0.4, -0.2) is 31.2 Å². The van der Waals surface area contributed by atoms with Gasteiger partial charge in [0.2, 0.25) is 0 Å². The van der Waals surface area contributed by atoms with E-state index in [-0.39, 0.29) is 21.9 Å². The third-order valence-corrected chi connectivity index (χ3v) is 4.63. The summed E-state index contributed by atoms with van der Waals surface area (Å²) in [5, 5.41) is -0.186. The first-order valence-electron chi connectivity index (χ1n) is 4.45. The molecule has 3 nitrogen and oxygen atoms in total. The van der Waals surface area contributed by atoms with Crippen molar-refractivity contribution in [3.8, 4) is 0 Å². The molecule has 5 heteroatoms. The fraction of sp³-hybridized carbons (Fsp3) is 0.400. The molecule has 0 aliphatic rings. The molecule has 0 saturated carbocycles. The van der Waals surface area contributed by atoms with Crippen molar-refractivity contribution in [1.82, 2.24) is 0 Å². The molecule has 0 bridgehead atoms. The minimum Gasteiger partial charge on any atom is -0.748 e. The predicted molar refractivity (Wildman–Crippen MR) is 63.0 cm³/mol. The second kappa shape index (κ2) is 5.01. The molecule has 1 aromatic carbocycles. The first-order chi connectivity index (χ1) is 6.90. The van der Waals surface area contributed by atoms with Crippen LogP contribution in [0.3, 0.4) is 0 Å². The second-order valence-corrected chi connectivity index (χ2v) is 7.28. The van der Waals surface area contributed by atoms with Gasteiger partial charge >= 0.3 is 0 Å². The highest BCUT2D eigenvalue weighted by Crippen LogP contribution is 2.23. The van der Waals surface area contributed by atoms with E-state index in [1.54, 1.807) is 0 Å². The maximum Gasteiger partial charge on any atom is 0.155 e. The molecule has 0 heterocycles. The van der Waals surface area contributed by atoms with Gasteiger partial charge in [0, 0.05) is 5.56 Å². The van der Waals surface area contributed by atoms with Crippen molar-refractivity contribution >= 4 is 21.0 Å². The van der Waals surface area contributed by atoms with Crippen LogP contribution in [0.5, 0.6) is 0 Å². The van der Waals surface area contributed by atoms with Gasteiger partial charge in [-0.1, -0.05) is 30.3 Å². The fourth-order valence-electron chi connectivity index (χ4n) is 1.36. The quantitative estimate of drug-likeness (QED) is 0.591. The Kier molecular flexibility index (Phi) is 4.19. The number of benzene rings is 1.